The van der Waals surface area contributed by atoms with E-state index in [2.05, 4.69) is 0 Å². The van der Waals surface area contributed by atoms with Crippen LogP contribution in [-0.4, -0.2) is 14.2 Å². The highest BCUT2D eigenvalue weighted by atomic mass is 35.5. The van der Waals surface area contributed by atoms with Gasteiger partial charge in [0.2, 0.25) is 0 Å². The molecule has 0 saturated heterocycles. The Bertz CT molecular complexity index is 748. The van der Waals surface area contributed by atoms with E-state index in [-0.39, 0.29) is 17.1 Å². The Morgan fingerprint density at radius 1 is 1.00 bits per heavy atom. The number of sulfone groups is 1. The SMILES string of the molecule is O=C(/C=C/S(=O)(=O)c1ccccc1)Cc1ccc(Cl)cc1. The Balaban J connectivity index is 2.07. The Labute approximate surface area is 128 Å². The molecule has 0 amide bonds. The van der Waals surface area contributed by atoms with Crippen LogP contribution in [0.1, 0.15) is 5.56 Å². The summed E-state index contributed by atoms with van der Waals surface area (Å²) in [4.78, 5) is 12.0. The molecule has 2 aromatic rings. The minimum absolute atomic E-state index is 0.137. The summed E-state index contributed by atoms with van der Waals surface area (Å²) in [6.45, 7) is 0. The van der Waals surface area contributed by atoms with Crippen molar-refractivity contribution in [1.29, 1.82) is 0 Å². The van der Waals surface area contributed by atoms with Gasteiger partial charge in [0.25, 0.3) is 0 Å². The fourth-order valence-corrected chi connectivity index (χ4v) is 2.87. The molecule has 5 heteroatoms. The summed E-state index contributed by atoms with van der Waals surface area (Å²) in [5, 5.41) is 1.54. The lowest BCUT2D eigenvalue weighted by Crippen LogP contribution is -2.01. The second-order valence-corrected chi connectivity index (χ2v) is 6.70. The first-order chi connectivity index (χ1) is 9.97. The molecule has 0 fully saturated rings. The Morgan fingerprint density at radius 3 is 2.24 bits per heavy atom. The third-order valence-electron chi connectivity index (χ3n) is 2.80. The molecule has 3 nitrogen and oxygen atoms in total. The van der Waals surface area contributed by atoms with E-state index in [1.807, 2.05) is 0 Å². The Hall–Kier alpha value is -1.91. The highest BCUT2D eigenvalue weighted by molar-refractivity contribution is 7.94. The first kappa shape index (κ1) is 15.5. The molecule has 0 N–H and O–H groups in total. The lowest BCUT2D eigenvalue weighted by Gasteiger charge is -1.99. The predicted molar refractivity (Wildman–Crippen MR) is 82.9 cm³/mol. The highest BCUT2D eigenvalue weighted by Gasteiger charge is 2.10. The van der Waals surface area contributed by atoms with Gasteiger partial charge >= 0.3 is 0 Å². The number of hydrogen-bond donors (Lipinski definition) is 0. The molecule has 0 aromatic heterocycles. The fourth-order valence-electron chi connectivity index (χ4n) is 1.72. The van der Waals surface area contributed by atoms with Crippen molar-refractivity contribution < 1.29 is 13.2 Å². The van der Waals surface area contributed by atoms with Crippen LogP contribution >= 0.6 is 11.6 Å². The molecule has 2 aromatic carbocycles. The highest BCUT2D eigenvalue weighted by Crippen LogP contribution is 2.12. The number of halogens is 1. The monoisotopic (exact) mass is 320 g/mol. The van der Waals surface area contributed by atoms with Crippen LogP contribution in [0.5, 0.6) is 0 Å². The van der Waals surface area contributed by atoms with Crippen molar-refractivity contribution in [2.24, 2.45) is 0 Å². The number of carbonyl (C=O) groups is 1. The molecule has 0 aliphatic carbocycles. The minimum atomic E-state index is -3.58. The van der Waals surface area contributed by atoms with Crippen LogP contribution in [-0.2, 0) is 21.1 Å². The van der Waals surface area contributed by atoms with Crippen molar-refractivity contribution in [3.8, 4) is 0 Å². The van der Waals surface area contributed by atoms with Crippen LogP contribution in [0.4, 0.5) is 0 Å². The van der Waals surface area contributed by atoms with Gasteiger partial charge in [0, 0.05) is 16.9 Å². The molecule has 0 unspecified atom stereocenters. The number of benzene rings is 2. The van der Waals surface area contributed by atoms with E-state index >= 15 is 0 Å². The maximum absolute atomic E-state index is 12.0. The Morgan fingerprint density at radius 2 is 1.62 bits per heavy atom. The first-order valence-electron chi connectivity index (χ1n) is 6.23. The van der Waals surface area contributed by atoms with Crippen LogP contribution in [0.2, 0.25) is 5.02 Å². The number of ketones is 1. The standard InChI is InChI=1S/C16H13ClO3S/c17-14-8-6-13(7-9-14)12-15(18)10-11-21(19,20)16-4-2-1-3-5-16/h1-11H,12H2/b11-10+. The molecule has 0 spiro atoms. The van der Waals surface area contributed by atoms with E-state index < -0.39 is 9.84 Å². The van der Waals surface area contributed by atoms with Gasteiger partial charge in [-0.25, -0.2) is 8.42 Å². The zero-order valence-corrected chi connectivity index (χ0v) is 12.6. The first-order valence-corrected chi connectivity index (χ1v) is 8.15. The van der Waals surface area contributed by atoms with Crippen molar-refractivity contribution in [2.45, 2.75) is 11.3 Å². The summed E-state index contributed by atoms with van der Waals surface area (Å²) in [7, 11) is -3.58. The second kappa shape index (κ2) is 6.70. The molecule has 0 aliphatic heterocycles. The molecule has 0 aliphatic rings. The third-order valence-corrected chi connectivity index (χ3v) is 4.47. The molecule has 2 rings (SSSR count). The number of rotatable bonds is 5. The minimum Gasteiger partial charge on any atom is -0.294 e. The maximum atomic E-state index is 12.0. The fraction of sp³-hybridized carbons (Fsp3) is 0.0625. The van der Waals surface area contributed by atoms with Crippen molar-refractivity contribution in [3.05, 3.63) is 76.7 Å². The molecule has 21 heavy (non-hydrogen) atoms. The van der Waals surface area contributed by atoms with Crippen LogP contribution in [0.25, 0.3) is 0 Å². The van der Waals surface area contributed by atoms with Crippen LogP contribution in [0.15, 0.2) is 71.0 Å². The molecule has 108 valence electrons. The molecule has 0 atom stereocenters. The van der Waals surface area contributed by atoms with Gasteiger partial charge in [0.1, 0.15) is 0 Å². The van der Waals surface area contributed by atoms with Crippen molar-refractivity contribution in [2.75, 3.05) is 0 Å². The van der Waals surface area contributed by atoms with Crippen molar-refractivity contribution in [1.82, 2.24) is 0 Å². The zero-order valence-electron chi connectivity index (χ0n) is 11.1. The van der Waals surface area contributed by atoms with E-state index in [0.29, 0.717) is 5.02 Å². The van der Waals surface area contributed by atoms with Gasteiger partial charge in [-0.2, -0.15) is 0 Å². The lowest BCUT2D eigenvalue weighted by molar-refractivity contribution is -0.114. The lowest BCUT2D eigenvalue weighted by atomic mass is 10.1. The molecule has 0 saturated carbocycles. The maximum Gasteiger partial charge on any atom is 0.199 e. The van der Waals surface area contributed by atoms with Gasteiger partial charge in [0.05, 0.1) is 4.90 Å². The molecule has 0 radical (unpaired) electrons. The van der Waals surface area contributed by atoms with Crippen molar-refractivity contribution >= 4 is 27.2 Å². The average molecular weight is 321 g/mol. The van der Waals surface area contributed by atoms with Gasteiger partial charge in [-0.15, -0.1) is 0 Å². The van der Waals surface area contributed by atoms with Crippen LogP contribution in [0, 0.1) is 0 Å². The topological polar surface area (TPSA) is 51.2 Å². The summed E-state index contributed by atoms with van der Waals surface area (Å²) in [6.07, 6.45) is 1.23. The number of allylic oxidation sites excluding steroid dienone is 1. The van der Waals surface area contributed by atoms with E-state index in [9.17, 15) is 13.2 Å². The smallest absolute Gasteiger partial charge is 0.199 e. The number of carbonyl (C=O) groups excluding carboxylic acids is 1. The average Bonchev–Trinajstić information content (AvgIpc) is 2.49. The van der Waals surface area contributed by atoms with Gasteiger partial charge in [-0.3, -0.25) is 4.79 Å². The summed E-state index contributed by atoms with van der Waals surface area (Å²) < 4.78 is 24.0. The quantitative estimate of drug-likeness (QED) is 0.793. The summed E-state index contributed by atoms with van der Waals surface area (Å²) in [5.41, 5.74) is 0.783. The van der Waals surface area contributed by atoms with E-state index in [1.165, 1.54) is 12.1 Å². The summed E-state index contributed by atoms with van der Waals surface area (Å²) in [5.74, 6) is -0.281. The van der Waals surface area contributed by atoms with Gasteiger partial charge < -0.3 is 0 Å². The van der Waals surface area contributed by atoms with Crippen molar-refractivity contribution in [3.63, 3.8) is 0 Å². The van der Waals surface area contributed by atoms with Crippen LogP contribution in [0.3, 0.4) is 0 Å². The normalized spacial score (nSPS) is 11.7. The van der Waals surface area contributed by atoms with E-state index in [1.54, 1.807) is 42.5 Å². The van der Waals surface area contributed by atoms with E-state index in [4.69, 9.17) is 11.6 Å². The second-order valence-electron chi connectivity index (χ2n) is 4.43. The predicted octanol–water partition coefficient (Wildman–Crippen LogP) is 3.44. The van der Waals surface area contributed by atoms with Gasteiger partial charge in [-0.05, 0) is 35.9 Å². The van der Waals surface area contributed by atoms with Gasteiger partial charge in [0.15, 0.2) is 15.6 Å². The molecular formula is C16H13ClO3S. The molecular weight excluding hydrogens is 308 g/mol. The van der Waals surface area contributed by atoms with Gasteiger partial charge in [-0.1, -0.05) is 41.9 Å². The van der Waals surface area contributed by atoms with Crippen LogP contribution < -0.4 is 0 Å². The zero-order chi connectivity index (χ0) is 15.3. The van der Waals surface area contributed by atoms with E-state index in [0.717, 1.165) is 17.0 Å². The summed E-state index contributed by atoms with van der Waals surface area (Å²) >= 11 is 5.76. The Kier molecular flexibility index (Phi) is 4.94. The third kappa shape index (κ3) is 4.55. The largest absolute Gasteiger partial charge is 0.294 e. The number of hydrogen-bond acceptors (Lipinski definition) is 3. The summed E-state index contributed by atoms with van der Waals surface area (Å²) in [6, 6.07) is 14.8. The molecule has 0 bridgehead atoms. The molecule has 0 heterocycles.